The van der Waals surface area contributed by atoms with Gasteiger partial charge in [-0.25, -0.2) is 0 Å². The third-order valence-electron chi connectivity index (χ3n) is 2.85. The molecule has 1 heterocycles. The van der Waals surface area contributed by atoms with Crippen molar-refractivity contribution in [2.24, 2.45) is 7.05 Å². The predicted octanol–water partition coefficient (Wildman–Crippen LogP) is 1.95. The molecule has 0 spiro atoms. The van der Waals surface area contributed by atoms with Crippen molar-refractivity contribution in [2.75, 3.05) is 5.32 Å². The standard InChI is InChI=1S/C12H15N5O2/c1-8-4-9(2)12(17(18)19)5-11(8)13-6-10-7-16(3)15-14-10/h4-5,7,13H,6H2,1-3H3. The van der Waals surface area contributed by atoms with Crippen molar-refractivity contribution in [2.45, 2.75) is 20.4 Å². The van der Waals surface area contributed by atoms with Gasteiger partial charge in [0.05, 0.1) is 11.5 Å². The van der Waals surface area contributed by atoms with Crippen molar-refractivity contribution >= 4 is 11.4 Å². The zero-order valence-corrected chi connectivity index (χ0v) is 11.0. The van der Waals surface area contributed by atoms with Gasteiger partial charge in [0.1, 0.15) is 5.69 Å². The van der Waals surface area contributed by atoms with Gasteiger partial charge < -0.3 is 5.32 Å². The van der Waals surface area contributed by atoms with Crippen molar-refractivity contribution in [1.82, 2.24) is 15.0 Å². The molecule has 7 nitrogen and oxygen atoms in total. The molecule has 0 saturated carbocycles. The van der Waals surface area contributed by atoms with Gasteiger partial charge in [-0.15, -0.1) is 5.10 Å². The second kappa shape index (κ2) is 5.05. The fourth-order valence-corrected chi connectivity index (χ4v) is 1.89. The van der Waals surface area contributed by atoms with Crippen molar-refractivity contribution in [1.29, 1.82) is 0 Å². The molecule has 2 rings (SSSR count). The topological polar surface area (TPSA) is 85.9 Å². The minimum atomic E-state index is -0.373. The van der Waals surface area contributed by atoms with Crippen LogP contribution in [-0.4, -0.2) is 19.9 Å². The largest absolute Gasteiger partial charge is 0.379 e. The molecule has 0 aliphatic carbocycles. The lowest BCUT2D eigenvalue weighted by Crippen LogP contribution is -2.03. The van der Waals surface area contributed by atoms with Crippen LogP contribution in [0.25, 0.3) is 0 Å². The summed E-state index contributed by atoms with van der Waals surface area (Å²) in [5, 5.41) is 21.8. The highest BCUT2D eigenvalue weighted by Crippen LogP contribution is 2.26. The quantitative estimate of drug-likeness (QED) is 0.671. The van der Waals surface area contributed by atoms with Gasteiger partial charge in [0.25, 0.3) is 5.69 Å². The van der Waals surface area contributed by atoms with Crippen LogP contribution in [-0.2, 0) is 13.6 Å². The van der Waals surface area contributed by atoms with Crippen LogP contribution < -0.4 is 5.32 Å². The fraction of sp³-hybridized carbons (Fsp3) is 0.333. The number of hydrogen-bond donors (Lipinski definition) is 1. The van der Waals surface area contributed by atoms with E-state index in [0.29, 0.717) is 12.1 Å². The monoisotopic (exact) mass is 261 g/mol. The van der Waals surface area contributed by atoms with E-state index in [2.05, 4.69) is 15.6 Å². The van der Waals surface area contributed by atoms with E-state index in [1.165, 1.54) is 0 Å². The molecule has 0 unspecified atom stereocenters. The summed E-state index contributed by atoms with van der Waals surface area (Å²) in [6, 6.07) is 3.36. The first-order valence-electron chi connectivity index (χ1n) is 5.82. The molecule has 0 radical (unpaired) electrons. The van der Waals surface area contributed by atoms with Crippen LogP contribution >= 0.6 is 0 Å². The zero-order chi connectivity index (χ0) is 14.0. The Morgan fingerprint density at radius 1 is 1.37 bits per heavy atom. The van der Waals surface area contributed by atoms with Gasteiger partial charge >= 0.3 is 0 Å². The van der Waals surface area contributed by atoms with Gasteiger partial charge in [-0.2, -0.15) is 0 Å². The van der Waals surface area contributed by atoms with Crippen LogP contribution in [0.1, 0.15) is 16.8 Å². The van der Waals surface area contributed by atoms with Crippen LogP contribution in [0.3, 0.4) is 0 Å². The predicted molar refractivity (Wildman–Crippen MR) is 70.9 cm³/mol. The summed E-state index contributed by atoms with van der Waals surface area (Å²) in [5.41, 5.74) is 3.26. The fourth-order valence-electron chi connectivity index (χ4n) is 1.89. The Bertz CT molecular complexity index is 621. The number of aromatic nitrogens is 3. The highest BCUT2D eigenvalue weighted by Gasteiger charge is 2.13. The first kappa shape index (κ1) is 13.0. The lowest BCUT2D eigenvalue weighted by molar-refractivity contribution is -0.385. The zero-order valence-electron chi connectivity index (χ0n) is 11.0. The van der Waals surface area contributed by atoms with Crippen LogP contribution in [0.15, 0.2) is 18.3 Å². The van der Waals surface area contributed by atoms with E-state index in [1.807, 2.05) is 6.92 Å². The summed E-state index contributed by atoms with van der Waals surface area (Å²) in [4.78, 5) is 10.5. The number of nitro groups is 1. The summed E-state index contributed by atoms with van der Waals surface area (Å²) in [6.07, 6.45) is 1.80. The highest BCUT2D eigenvalue weighted by atomic mass is 16.6. The van der Waals surface area contributed by atoms with Gasteiger partial charge in [0, 0.05) is 30.6 Å². The third-order valence-corrected chi connectivity index (χ3v) is 2.85. The summed E-state index contributed by atoms with van der Waals surface area (Å²) in [7, 11) is 1.79. The summed E-state index contributed by atoms with van der Waals surface area (Å²) in [5.74, 6) is 0. The Morgan fingerprint density at radius 2 is 2.11 bits per heavy atom. The van der Waals surface area contributed by atoms with Gasteiger partial charge in [-0.1, -0.05) is 5.21 Å². The molecule has 19 heavy (non-hydrogen) atoms. The highest BCUT2D eigenvalue weighted by molar-refractivity contribution is 5.60. The van der Waals surface area contributed by atoms with E-state index in [1.54, 1.807) is 37.0 Å². The molecule has 0 atom stereocenters. The molecule has 0 fully saturated rings. The number of rotatable bonds is 4. The second-order valence-corrected chi connectivity index (χ2v) is 4.45. The van der Waals surface area contributed by atoms with Crippen molar-refractivity contribution in [3.05, 3.63) is 45.3 Å². The maximum absolute atomic E-state index is 10.9. The Balaban J connectivity index is 2.20. The van der Waals surface area contributed by atoms with Crippen LogP contribution in [0.5, 0.6) is 0 Å². The van der Waals surface area contributed by atoms with E-state index in [4.69, 9.17) is 0 Å². The number of aryl methyl sites for hydroxylation is 3. The van der Waals surface area contributed by atoms with Crippen molar-refractivity contribution in [3.8, 4) is 0 Å². The lowest BCUT2D eigenvalue weighted by Gasteiger charge is -2.09. The summed E-state index contributed by atoms with van der Waals surface area (Å²) < 4.78 is 1.61. The molecule has 0 aliphatic heterocycles. The van der Waals surface area contributed by atoms with E-state index in [-0.39, 0.29) is 10.6 Å². The number of benzene rings is 1. The second-order valence-electron chi connectivity index (χ2n) is 4.45. The maximum atomic E-state index is 10.9. The van der Waals surface area contributed by atoms with E-state index in [9.17, 15) is 10.1 Å². The number of nitrogens with one attached hydrogen (secondary N) is 1. The minimum Gasteiger partial charge on any atom is -0.379 e. The van der Waals surface area contributed by atoms with Gasteiger partial charge in [-0.3, -0.25) is 14.8 Å². The molecule has 1 aromatic carbocycles. The molecule has 7 heteroatoms. The first-order chi connectivity index (χ1) is 8.97. The van der Waals surface area contributed by atoms with E-state index in [0.717, 1.165) is 16.9 Å². The van der Waals surface area contributed by atoms with Gasteiger partial charge in [0.2, 0.25) is 0 Å². The van der Waals surface area contributed by atoms with Crippen molar-refractivity contribution < 1.29 is 4.92 Å². The van der Waals surface area contributed by atoms with Crippen LogP contribution in [0.2, 0.25) is 0 Å². The number of anilines is 1. The number of nitro benzene ring substituents is 1. The average molecular weight is 261 g/mol. The molecule has 0 bridgehead atoms. The average Bonchev–Trinajstić information content (AvgIpc) is 2.73. The normalized spacial score (nSPS) is 10.5. The Kier molecular flexibility index (Phi) is 3.46. The minimum absolute atomic E-state index is 0.118. The smallest absolute Gasteiger partial charge is 0.274 e. The molecule has 0 saturated heterocycles. The van der Waals surface area contributed by atoms with Gasteiger partial charge in [0.15, 0.2) is 0 Å². The maximum Gasteiger partial charge on any atom is 0.274 e. The molecule has 1 aromatic heterocycles. The first-order valence-corrected chi connectivity index (χ1v) is 5.82. The Labute approximate surface area is 110 Å². The van der Waals surface area contributed by atoms with E-state index >= 15 is 0 Å². The van der Waals surface area contributed by atoms with Gasteiger partial charge in [-0.05, 0) is 25.5 Å². The molecular weight excluding hydrogens is 246 g/mol. The van der Waals surface area contributed by atoms with Crippen molar-refractivity contribution in [3.63, 3.8) is 0 Å². The van der Waals surface area contributed by atoms with Crippen LogP contribution in [0, 0.1) is 24.0 Å². The Morgan fingerprint density at radius 3 is 2.68 bits per heavy atom. The summed E-state index contributed by atoms with van der Waals surface area (Å²) >= 11 is 0. The molecule has 1 N–H and O–H groups in total. The summed E-state index contributed by atoms with van der Waals surface area (Å²) in [6.45, 7) is 4.13. The van der Waals surface area contributed by atoms with Crippen LogP contribution in [0.4, 0.5) is 11.4 Å². The number of hydrogen-bond acceptors (Lipinski definition) is 5. The van der Waals surface area contributed by atoms with E-state index < -0.39 is 0 Å². The molecular formula is C12H15N5O2. The SMILES string of the molecule is Cc1cc(C)c([N+](=O)[O-])cc1NCc1cn(C)nn1. The molecule has 0 aliphatic rings. The molecule has 0 amide bonds. The molecule has 100 valence electrons. The lowest BCUT2D eigenvalue weighted by atomic mass is 10.1. The molecule has 2 aromatic rings. The third kappa shape index (κ3) is 2.87. The Hall–Kier alpha value is -2.44. The number of nitrogens with zero attached hydrogens (tertiary/aromatic N) is 4.